The Hall–Kier alpha value is -2.83. The minimum Gasteiger partial charge on any atom is -0.253 e. The Morgan fingerprint density at radius 3 is 2.12 bits per heavy atom. The first-order chi connectivity index (χ1) is 11.9. The molecule has 0 heterocycles. The molecule has 0 saturated heterocycles. The SMILES string of the molecule is NS(=O)(=O)c1ccc(N=Cc2ccc(-c3ccccc3)cc2)c(F)c1. The third-order valence-corrected chi connectivity index (χ3v) is 4.53. The number of rotatable bonds is 4. The molecule has 3 rings (SSSR count). The number of primary sulfonamides is 1. The number of sulfonamides is 1. The molecule has 4 nitrogen and oxygen atoms in total. The first kappa shape index (κ1) is 17.0. The van der Waals surface area contributed by atoms with E-state index in [9.17, 15) is 12.8 Å². The summed E-state index contributed by atoms with van der Waals surface area (Å²) in [4.78, 5) is 3.78. The summed E-state index contributed by atoms with van der Waals surface area (Å²) >= 11 is 0. The van der Waals surface area contributed by atoms with Gasteiger partial charge in [-0.1, -0.05) is 54.6 Å². The summed E-state index contributed by atoms with van der Waals surface area (Å²) in [6.45, 7) is 0. The molecule has 0 fully saturated rings. The summed E-state index contributed by atoms with van der Waals surface area (Å²) < 4.78 is 36.3. The number of hydrogen-bond donors (Lipinski definition) is 1. The van der Waals surface area contributed by atoms with Gasteiger partial charge in [0.05, 0.1) is 10.6 Å². The molecule has 6 heteroatoms. The fourth-order valence-corrected chi connectivity index (χ4v) is 2.83. The van der Waals surface area contributed by atoms with E-state index in [1.165, 1.54) is 18.3 Å². The molecule has 25 heavy (non-hydrogen) atoms. The third kappa shape index (κ3) is 4.17. The van der Waals surface area contributed by atoms with Crippen molar-refractivity contribution < 1.29 is 12.8 Å². The van der Waals surface area contributed by atoms with Crippen molar-refractivity contribution in [1.82, 2.24) is 0 Å². The van der Waals surface area contributed by atoms with E-state index in [4.69, 9.17) is 5.14 Å². The van der Waals surface area contributed by atoms with Gasteiger partial charge in [-0.3, -0.25) is 4.99 Å². The van der Waals surface area contributed by atoms with Crippen molar-refractivity contribution in [2.75, 3.05) is 0 Å². The standard InChI is InChI=1S/C19H15FN2O2S/c20-18-12-17(25(21,23)24)10-11-19(18)22-13-14-6-8-16(9-7-14)15-4-2-1-3-5-15/h1-13H,(H2,21,23,24). The summed E-state index contributed by atoms with van der Waals surface area (Å²) in [6.07, 6.45) is 1.52. The summed E-state index contributed by atoms with van der Waals surface area (Å²) in [7, 11) is -3.93. The zero-order valence-corrected chi connectivity index (χ0v) is 13.9. The van der Waals surface area contributed by atoms with Crippen molar-refractivity contribution >= 4 is 21.9 Å². The van der Waals surface area contributed by atoms with Gasteiger partial charge >= 0.3 is 0 Å². The smallest absolute Gasteiger partial charge is 0.238 e. The van der Waals surface area contributed by atoms with E-state index < -0.39 is 15.8 Å². The van der Waals surface area contributed by atoms with Crippen molar-refractivity contribution in [1.29, 1.82) is 0 Å². The van der Waals surface area contributed by atoms with E-state index >= 15 is 0 Å². The van der Waals surface area contributed by atoms with Gasteiger partial charge < -0.3 is 0 Å². The molecule has 3 aromatic rings. The lowest BCUT2D eigenvalue weighted by Gasteiger charge is -2.02. The number of halogens is 1. The second-order valence-electron chi connectivity index (χ2n) is 5.40. The Labute approximate surface area is 145 Å². The second kappa shape index (κ2) is 6.96. The Bertz CT molecular complexity index is 1020. The first-order valence-electron chi connectivity index (χ1n) is 7.45. The Kier molecular flexibility index (Phi) is 4.74. The lowest BCUT2D eigenvalue weighted by molar-refractivity contribution is 0.593. The normalized spacial score (nSPS) is 11.8. The van der Waals surface area contributed by atoms with Gasteiger partial charge in [-0.25, -0.2) is 17.9 Å². The maximum atomic E-state index is 13.9. The van der Waals surface area contributed by atoms with Crippen LogP contribution in [-0.2, 0) is 10.0 Å². The number of nitrogens with two attached hydrogens (primary N) is 1. The van der Waals surface area contributed by atoms with Crippen LogP contribution in [0.1, 0.15) is 5.56 Å². The highest BCUT2D eigenvalue weighted by molar-refractivity contribution is 7.89. The van der Waals surface area contributed by atoms with Gasteiger partial charge in [-0.2, -0.15) is 0 Å². The van der Waals surface area contributed by atoms with Gasteiger partial charge in [-0.05, 0) is 34.9 Å². The minimum atomic E-state index is -3.93. The van der Waals surface area contributed by atoms with Gasteiger partial charge in [-0.15, -0.1) is 0 Å². The molecule has 0 aromatic heterocycles. The average molecular weight is 354 g/mol. The van der Waals surface area contributed by atoms with E-state index in [0.717, 1.165) is 22.8 Å². The topological polar surface area (TPSA) is 72.5 Å². The van der Waals surface area contributed by atoms with Crippen molar-refractivity contribution in [3.05, 3.63) is 84.2 Å². The van der Waals surface area contributed by atoms with Crippen molar-refractivity contribution in [3.8, 4) is 11.1 Å². The van der Waals surface area contributed by atoms with Gasteiger partial charge in [0.1, 0.15) is 5.82 Å². The molecule has 0 aliphatic rings. The van der Waals surface area contributed by atoms with E-state index in [2.05, 4.69) is 4.99 Å². The largest absolute Gasteiger partial charge is 0.253 e. The van der Waals surface area contributed by atoms with Crippen molar-refractivity contribution in [2.45, 2.75) is 4.90 Å². The molecule has 0 radical (unpaired) electrons. The highest BCUT2D eigenvalue weighted by Crippen LogP contribution is 2.22. The lowest BCUT2D eigenvalue weighted by Crippen LogP contribution is -2.12. The highest BCUT2D eigenvalue weighted by Gasteiger charge is 2.10. The summed E-state index contributed by atoms with van der Waals surface area (Å²) in [5, 5.41) is 4.97. The Balaban J connectivity index is 1.81. The van der Waals surface area contributed by atoms with Gasteiger partial charge in [0, 0.05) is 6.21 Å². The molecular weight excluding hydrogens is 339 g/mol. The maximum absolute atomic E-state index is 13.9. The number of nitrogens with zero attached hydrogens (tertiary/aromatic N) is 1. The zero-order valence-electron chi connectivity index (χ0n) is 13.1. The molecule has 0 aliphatic heterocycles. The number of aliphatic imine (C=N–C) groups is 1. The molecule has 0 atom stereocenters. The molecule has 0 aliphatic carbocycles. The molecule has 0 bridgehead atoms. The van der Waals surface area contributed by atoms with Gasteiger partial charge in [0.25, 0.3) is 0 Å². The predicted molar refractivity (Wildman–Crippen MR) is 96.9 cm³/mol. The van der Waals surface area contributed by atoms with Gasteiger partial charge in [0.2, 0.25) is 10.0 Å². The van der Waals surface area contributed by atoms with E-state index in [-0.39, 0.29) is 10.6 Å². The fourth-order valence-electron chi connectivity index (χ4n) is 2.31. The van der Waals surface area contributed by atoms with E-state index in [1.54, 1.807) is 0 Å². The van der Waals surface area contributed by atoms with Gasteiger partial charge in [0.15, 0.2) is 0 Å². The quantitative estimate of drug-likeness (QED) is 0.722. The van der Waals surface area contributed by atoms with Crippen LogP contribution < -0.4 is 5.14 Å². The molecule has 2 N–H and O–H groups in total. The molecule has 3 aromatic carbocycles. The van der Waals surface area contributed by atoms with Crippen LogP contribution in [0.4, 0.5) is 10.1 Å². The van der Waals surface area contributed by atoms with Crippen LogP contribution in [0.3, 0.4) is 0 Å². The molecule has 0 amide bonds. The molecular formula is C19H15FN2O2S. The number of hydrogen-bond acceptors (Lipinski definition) is 3. The fraction of sp³-hybridized carbons (Fsp3) is 0. The highest BCUT2D eigenvalue weighted by atomic mass is 32.2. The summed E-state index contributed by atoms with van der Waals surface area (Å²) in [6, 6.07) is 21.0. The van der Waals surface area contributed by atoms with E-state index in [1.807, 2.05) is 54.6 Å². The Morgan fingerprint density at radius 1 is 0.880 bits per heavy atom. The maximum Gasteiger partial charge on any atom is 0.238 e. The third-order valence-electron chi connectivity index (χ3n) is 3.62. The van der Waals surface area contributed by atoms with Crippen LogP contribution in [-0.4, -0.2) is 14.6 Å². The van der Waals surface area contributed by atoms with Crippen LogP contribution in [0.15, 0.2) is 82.7 Å². The molecule has 0 unspecified atom stereocenters. The predicted octanol–water partition coefficient (Wildman–Crippen LogP) is 3.89. The van der Waals surface area contributed by atoms with Crippen LogP contribution in [0, 0.1) is 5.82 Å². The minimum absolute atomic E-state index is 0.0412. The number of benzene rings is 3. The van der Waals surface area contributed by atoms with Crippen LogP contribution in [0.2, 0.25) is 0 Å². The Morgan fingerprint density at radius 2 is 1.52 bits per heavy atom. The van der Waals surface area contributed by atoms with Crippen LogP contribution in [0.25, 0.3) is 11.1 Å². The van der Waals surface area contributed by atoms with Crippen molar-refractivity contribution in [3.63, 3.8) is 0 Å². The first-order valence-corrected chi connectivity index (χ1v) is 9.00. The zero-order chi connectivity index (χ0) is 17.9. The monoisotopic (exact) mass is 354 g/mol. The lowest BCUT2D eigenvalue weighted by atomic mass is 10.0. The van der Waals surface area contributed by atoms with Crippen molar-refractivity contribution in [2.24, 2.45) is 10.1 Å². The van der Waals surface area contributed by atoms with E-state index in [0.29, 0.717) is 0 Å². The summed E-state index contributed by atoms with van der Waals surface area (Å²) in [5.74, 6) is -0.747. The molecule has 0 saturated carbocycles. The molecule has 0 spiro atoms. The van der Waals surface area contributed by atoms with Crippen LogP contribution in [0.5, 0.6) is 0 Å². The molecule has 126 valence electrons. The average Bonchev–Trinajstić information content (AvgIpc) is 2.61. The summed E-state index contributed by atoms with van der Waals surface area (Å²) in [5.41, 5.74) is 3.02. The second-order valence-corrected chi connectivity index (χ2v) is 6.97. The van der Waals surface area contributed by atoms with Crippen LogP contribution >= 0.6 is 0 Å².